The average Bonchev–Trinajstić information content (AvgIpc) is 3.11. The molecule has 2 amide bonds. The smallest absolute Gasteiger partial charge is 0.319 e. The van der Waals surface area contributed by atoms with E-state index in [2.05, 4.69) is 15.5 Å². The molecule has 2 N–H and O–H groups in total. The van der Waals surface area contributed by atoms with Crippen molar-refractivity contribution >= 4 is 11.7 Å². The summed E-state index contributed by atoms with van der Waals surface area (Å²) in [4.78, 5) is 14.7. The van der Waals surface area contributed by atoms with Gasteiger partial charge in [0, 0.05) is 25.2 Å². The molecular formula is C18H23FN4O. The lowest BCUT2D eigenvalue weighted by atomic mass is 10.0. The number of nitriles is 1. The van der Waals surface area contributed by atoms with E-state index < -0.39 is 5.82 Å². The molecule has 128 valence electrons. The van der Waals surface area contributed by atoms with Gasteiger partial charge < -0.3 is 15.5 Å². The normalized spacial score (nSPS) is 19.8. The Kier molecular flexibility index (Phi) is 5.31. The zero-order valence-corrected chi connectivity index (χ0v) is 13.7. The Balaban J connectivity index is 1.48. The fraction of sp³-hybridized carbons (Fsp3) is 0.556. The van der Waals surface area contributed by atoms with Crippen molar-refractivity contribution < 1.29 is 9.18 Å². The molecule has 0 aromatic heterocycles. The van der Waals surface area contributed by atoms with Crippen molar-refractivity contribution in [2.24, 2.45) is 0 Å². The van der Waals surface area contributed by atoms with Crippen LogP contribution in [0, 0.1) is 17.1 Å². The fourth-order valence-electron chi connectivity index (χ4n) is 3.74. The maximum absolute atomic E-state index is 13.1. The van der Waals surface area contributed by atoms with Gasteiger partial charge in [0.1, 0.15) is 11.9 Å². The van der Waals surface area contributed by atoms with Gasteiger partial charge in [-0.15, -0.1) is 0 Å². The second kappa shape index (κ2) is 7.63. The molecule has 1 saturated heterocycles. The largest absolute Gasteiger partial charge is 0.335 e. The van der Waals surface area contributed by atoms with Gasteiger partial charge in [-0.1, -0.05) is 12.8 Å². The van der Waals surface area contributed by atoms with Gasteiger partial charge in [0.15, 0.2) is 0 Å². The zero-order valence-electron chi connectivity index (χ0n) is 13.7. The van der Waals surface area contributed by atoms with Gasteiger partial charge in [-0.05, 0) is 43.9 Å². The van der Waals surface area contributed by atoms with Gasteiger partial charge in [-0.25, -0.2) is 9.18 Å². The Morgan fingerprint density at radius 3 is 2.58 bits per heavy atom. The minimum absolute atomic E-state index is 0.126. The van der Waals surface area contributed by atoms with Gasteiger partial charge in [0.25, 0.3) is 0 Å². The van der Waals surface area contributed by atoms with Crippen molar-refractivity contribution in [3.63, 3.8) is 0 Å². The van der Waals surface area contributed by atoms with E-state index in [1.165, 1.54) is 37.8 Å². The van der Waals surface area contributed by atoms with Gasteiger partial charge in [-0.2, -0.15) is 5.26 Å². The number of halogens is 1. The summed E-state index contributed by atoms with van der Waals surface area (Å²) in [7, 11) is 0. The van der Waals surface area contributed by atoms with Gasteiger partial charge >= 0.3 is 6.03 Å². The van der Waals surface area contributed by atoms with Crippen LogP contribution in [0.4, 0.5) is 14.9 Å². The van der Waals surface area contributed by atoms with E-state index in [1.54, 1.807) is 0 Å². The number of hydrogen-bond donors (Lipinski definition) is 2. The Morgan fingerprint density at radius 1 is 1.21 bits per heavy atom. The number of hydrogen-bond acceptors (Lipinski definition) is 3. The molecule has 0 spiro atoms. The molecule has 5 nitrogen and oxygen atoms in total. The molecule has 0 atom stereocenters. The van der Waals surface area contributed by atoms with Gasteiger partial charge in [-0.3, -0.25) is 0 Å². The van der Waals surface area contributed by atoms with Crippen molar-refractivity contribution in [2.75, 3.05) is 18.4 Å². The van der Waals surface area contributed by atoms with Crippen molar-refractivity contribution in [3.05, 3.63) is 29.6 Å². The van der Waals surface area contributed by atoms with E-state index in [4.69, 9.17) is 5.26 Å². The molecule has 2 aliphatic rings. The molecular weight excluding hydrogens is 307 g/mol. The van der Waals surface area contributed by atoms with Crippen LogP contribution in [0.3, 0.4) is 0 Å². The van der Waals surface area contributed by atoms with E-state index in [0.717, 1.165) is 38.0 Å². The molecule has 0 unspecified atom stereocenters. The van der Waals surface area contributed by atoms with Crippen LogP contribution in [0.2, 0.25) is 0 Å². The summed E-state index contributed by atoms with van der Waals surface area (Å²) in [5.41, 5.74) is 0.459. The summed E-state index contributed by atoms with van der Waals surface area (Å²) in [5, 5.41) is 14.6. The fourth-order valence-corrected chi connectivity index (χ4v) is 3.74. The third-order valence-corrected chi connectivity index (χ3v) is 5.06. The zero-order chi connectivity index (χ0) is 16.9. The molecule has 1 aromatic carbocycles. The van der Waals surface area contributed by atoms with E-state index in [1.807, 2.05) is 6.07 Å². The highest BCUT2D eigenvalue weighted by atomic mass is 19.1. The summed E-state index contributed by atoms with van der Waals surface area (Å²) in [5.74, 6) is -0.489. The summed E-state index contributed by atoms with van der Waals surface area (Å²) in [6, 6.07) is 6.20. The van der Waals surface area contributed by atoms with Crippen LogP contribution in [0.1, 0.15) is 44.1 Å². The first-order valence-electron chi connectivity index (χ1n) is 8.67. The third kappa shape index (κ3) is 4.04. The molecule has 1 heterocycles. The Morgan fingerprint density at radius 2 is 1.92 bits per heavy atom. The van der Waals surface area contributed by atoms with Crippen LogP contribution in [-0.4, -0.2) is 36.1 Å². The molecule has 24 heavy (non-hydrogen) atoms. The van der Waals surface area contributed by atoms with Crippen molar-refractivity contribution in [2.45, 2.75) is 50.6 Å². The number of nitrogens with one attached hydrogen (secondary N) is 2. The quantitative estimate of drug-likeness (QED) is 0.894. The average molecular weight is 330 g/mol. The molecule has 1 aliphatic carbocycles. The molecule has 0 bridgehead atoms. The number of amides is 2. The first kappa shape index (κ1) is 16.7. The highest BCUT2D eigenvalue weighted by molar-refractivity contribution is 5.90. The highest BCUT2D eigenvalue weighted by Crippen LogP contribution is 2.26. The summed E-state index contributed by atoms with van der Waals surface area (Å²) >= 11 is 0. The predicted molar refractivity (Wildman–Crippen MR) is 90.1 cm³/mol. The lowest BCUT2D eigenvalue weighted by Crippen LogP contribution is -2.48. The number of carbonyl (C=O) groups excluding carboxylic acids is 1. The van der Waals surface area contributed by atoms with Gasteiger partial charge in [0.05, 0.1) is 11.3 Å². The van der Waals surface area contributed by atoms with Crippen molar-refractivity contribution in [1.82, 2.24) is 10.2 Å². The Hall–Kier alpha value is -2.13. The van der Waals surface area contributed by atoms with E-state index in [-0.39, 0.29) is 17.6 Å². The minimum atomic E-state index is -0.489. The predicted octanol–water partition coefficient (Wildman–Crippen LogP) is 3.23. The minimum Gasteiger partial charge on any atom is -0.335 e. The molecule has 1 aliphatic heterocycles. The SMILES string of the molecule is N#Cc1cc(F)ccc1NC(=O)NC1CCN(C2CCCC2)CC1. The van der Waals surface area contributed by atoms with E-state index >= 15 is 0 Å². The highest BCUT2D eigenvalue weighted by Gasteiger charge is 2.27. The van der Waals surface area contributed by atoms with E-state index in [0.29, 0.717) is 5.69 Å². The first-order chi connectivity index (χ1) is 11.7. The van der Waals surface area contributed by atoms with Crippen LogP contribution in [0.25, 0.3) is 0 Å². The van der Waals surface area contributed by atoms with Crippen LogP contribution in [-0.2, 0) is 0 Å². The number of nitrogens with zero attached hydrogens (tertiary/aromatic N) is 2. The second-order valence-electron chi connectivity index (χ2n) is 6.65. The first-order valence-corrected chi connectivity index (χ1v) is 8.67. The monoisotopic (exact) mass is 330 g/mol. The number of piperidine rings is 1. The maximum atomic E-state index is 13.1. The lowest BCUT2D eigenvalue weighted by Gasteiger charge is -2.36. The summed E-state index contributed by atoms with van der Waals surface area (Å²) in [6.07, 6.45) is 7.17. The summed E-state index contributed by atoms with van der Waals surface area (Å²) < 4.78 is 13.1. The Bertz CT molecular complexity index is 628. The maximum Gasteiger partial charge on any atom is 0.319 e. The Labute approximate surface area is 141 Å². The van der Waals surface area contributed by atoms with Crippen LogP contribution in [0.5, 0.6) is 0 Å². The van der Waals surface area contributed by atoms with E-state index in [9.17, 15) is 9.18 Å². The molecule has 6 heteroatoms. The number of anilines is 1. The molecule has 2 fully saturated rings. The number of benzene rings is 1. The van der Waals surface area contributed by atoms with Gasteiger partial charge in [0.2, 0.25) is 0 Å². The molecule has 0 radical (unpaired) electrons. The van der Waals surface area contributed by atoms with Crippen LogP contribution < -0.4 is 10.6 Å². The number of likely N-dealkylation sites (tertiary alicyclic amines) is 1. The molecule has 3 rings (SSSR count). The molecule has 1 saturated carbocycles. The lowest BCUT2D eigenvalue weighted by molar-refractivity contribution is 0.147. The number of rotatable bonds is 3. The number of carbonyl (C=O) groups is 1. The van der Waals surface area contributed by atoms with Crippen molar-refractivity contribution in [3.8, 4) is 6.07 Å². The van der Waals surface area contributed by atoms with Crippen LogP contribution >= 0.6 is 0 Å². The third-order valence-electron chi connectivity index (χ3n) is 5.06. The topological polar surface area (TPSA) is 68.2 Å². The molecule has 1 aromatic rings. The van der Waals surface area contributed by atoms with Crippen LogP contribution in [0.15, 0.2) is 18.2 Å². The number of urea groups is 1. The standard InChI is InChI=1S/C18H23FN4O/c19-14-5-6-17(13(11-14)12-20)22-18(24)21-15-7-9-23(10-8-15)16-3-1-2-4-16/h5-6,11,15-16H,1-4,7-10H2,(H2,21,22,24). The summed E-state index contributed by atoms with van der Waals surface area (Å²) in [6.45, 7) is 2.05. The van der Waals surface area contributed by atoms with Crippen molar-refractivity contribution in [1.29, 1.82) is 5.26 Å². The second-order valence-corrected chi connectivity index (χ2v) is 6.65.